The first-order valence-corrected chi connectivity index (χ1v) is 9.47. The number of carbonyl (C=O) groups is 1. The number of pyridine rings is 1. The van der Waals surface area contributed by atoms with E-state index in [4.69, 9.17) is 9.90 Å². The van der Waals surface area contributed by atoms with E-state index in [9.17, 15) is 25.3 Å². The van der Waals surface area contributed by atoms with E-state index in [0.717, 1.165) is 36.0 Å². The second-order valence-electron chi connectivity index (χ2n) is 6.06. The average Bonchev–Trinajstić information content (AvgIpc) is 3.08. The number of hydrogen-bond donors (Lipinski definition) is 2. The Hall–Kier alpha value is -4.46. The summed E-state index contributed by atoms with van der Waals surface area (Å²) in [7, 11) is 0. The van der Waals surface area contributed by atoms with Crippen LogP contribution in [-0.2, 0) is 4.79 Å². The second kappa shape index (κ2) is 10.5. The third-order valence-corrected chi connectivity index (χ3v) is 4.34. The number of aromatic nitrogens is 2. The minimum atomic E-state index is -0.833. The number of carboxylic acids is 1. The van der Waals surface area contributed by atoms with Gasteiger partial charge in [0, 0.05) is 13.0 Å². The van der Waals surface area contributed by atoms with E-state index < -0.39 is 32.4 Å². The van der Waals surface area contributed by atoms with E-state index in [-0.39, 0.29) is 5.69 Å². The van der Waals surface area contributed by atoms with Gasteiger partial charge in [-0.15, -0.1) is 0 Å². The van der Waals surface area contributed by atoms with Crippen LogP contribution in [0.2, 0.25) is 0 Å². The molecule has 0 saturated heterocycles. The molecule has 166 valence electrons. The van der Waals surface area contributed by atoms with Crippen LogP contribution in [0.4, 0.5) is 17.1 Å². The quantitative estimate of drug-likeness (QED) is 0.240. The van der Waals surface area contributed by atoms with Gasteiger partial charge < -0.3 is 10.2 Å². The average molecular weight is 460 g/mol. The number of rotatable bonds is 6. The number of thiazole rings is 1. The molecule has 3 aromatic rings. The van der Waals surface area contributed by atoms with Crippen LogP contribution in [-0.4, -0.2) is 32.1 Å². The van der Waals surface area contributed by atoms with E-state index >= 15 is 0 Å². The fourth-order valence-electron chi connectivity index (χ4n) is 2.34. The third kappa shape index (κ3) is 6.53. The van der Waals surface area contributed by atoms with Gasteiger partial charge in [-0.3, -0.25) is 30.4 Å². The van der Waals surface area contributed by atoms with Gasteiger partial charge in [0.2, 0.25) is 0 Å². The lowest BCUT2D eigenvalue weighted by Gasteiger charge is -2.01. The number of nitro benzene ring substituents is 2. The number of aryl methyl sites for hydroxylation is 1. The summed E-state index contributed by atoms with van der Waals surface area (Å²) >= 11 is 0.867. The van der Waals surface area contributed by atoms with Gasteiger partial charge in [0.15, 0.2) is 5.19 Å². The number of non-ortho nitro benzene ring substituents is 1. The van der Waals surface area contributed by atoms with Gasteiger partial charge in [-0.1, -0.05) is 17.4 Å². The van der Waals surface area contributed by atoms with Gasteiger partial charge >= 0.3 is 11.5 Å². The summed E-state index contributed by atoms with van der Waals surface area (Å²) in [5, 5.41) is 44.6. The molecule has 0 aliphatic heterocycles. The number of anilines is 1. The molecule has 0 aliphatic rings. The molecule has 32 heavy (non-hydrogen) atoms. The first-order chi connectivity index (χ1) is 15.1. The Morgan fingerprint density at radius 1 is 1.28 bits per heavy atom. The summed E-state index contributed by atoms with van der Waals surface area (Å²) in [5.74, 6) is -0.456. The third-order valence-electron chi connectivity index (χ3n) is 3.56. The Labute approximate surface area is 184 Å². The van der Waals surface area contributed by atoms with Crippen molar-refractivity contribution in [1.82, 2.24) is 4.98 Å². The van der Waals surface area contributed by atoms with E-state index in [0.29, 0.717) is 10.7 Å². The van der Waals surface area contributed by atoms with Crippen LogP contribution < -0.4 is 15.1 Å². The first-order valence-electron chi connectivity index (χ1n) is 8.66. The minimum absolute atomic E-state index is 0.0246. The Morgan fingerprint density at radius 3 is 2.56 bits per heavy atom. The van der Waals surface area contributed by atoms with Crippen molar-refractivity contribution in [1.29, 1.82) is 0 Å². The topological polar surface area (TPSA) is 188 Å². The van der Waals surface area contributed by atoms with Gasteiger partial charge in [0.25, 0.3) is 11.7 Å². The number of hydrogen-bond acceptors (Lipinski definition) is 10. The molecule has 0 radical (unpaired) electrons. The van der Waals surface area contributed by atoms with Crippen molar-refractivity contribution >= 4 is 40.6 Å². The van der Waals surface area contributed by atoms with Gasteiger partial charge in [0.05, 0.1) is 34.5 Å². The van der Waals surface area contributed by atoms with Crippen molar-refractivity contribution in [3.05, 3.63) is 73.4 Å². The Balaban J connectivity index is 0.000000837. The van der Waals surface area contributed by atoms with Crippen molar-refractivity contribution in [2.24, 2.45) is 5.10 Å². The molecule has 0 saturated carbocycles. The molecule has 0 fully saturated rings. The van der Waals surface area contributed by atoms with Gasteiger partial charge in [-0.2, -0.15) is 5.10 Å². The molecule has 0 aliphatic carbocycles. The van der Waals surface area contributed by atoms with Gasteiger partial charge in [-0.25, -0.2) is 4.57 Å². The number of nitrogens with one attached hydrogen (secondary N) is 1. The van der Waals surface area contributed by atoms with Crippen molar-refractivity contribution in [2.45, 2.75) is 13.8 Å². The monoisotopic (exact) mass is 460 g/mol. The molecule has 0 bridgehead atoms. The molecule has 0 amide bonds. The smallest absolute Gasteiger partial charge is 0.346 e. The van der Waals surface area contributed by atoms with Crippen LogP contribution in [0.3, 0.4) is 0 Å². The Bertz CT molecular complexity index is 1190. The molecular formula is C18H16N6O7S. The summed E-state index contributed by atoms with van der Waals surface area (Å²) in [6.45, 7) is 2.98. The number of nitro groups is 2. The lowest BCUT2D eigenvalue weighted by Crippen LogP contribution is -2.31. The number of aliphatic carboxylic acids is 1. The van der Waals surface area contributed by atoms with Gasteiger partial charge in [0.1, 0.15) is 10.6 Å². The summed E-state index contributed by atoms with van der Waals surface area (Å²) in [4.78, 5) is 33.8. The highest BCUT2D eigenvalue weighted by Gasteiger charge is 2.20. The van der Waals surface area contributed by atoms with Crippen molar-refractivity contribution in [3.8, 4) is 11.0 Å². The van der Waals surface area contributed by atoms with Crippen molar-refractivity contribution in [3.63, 3.8) is 0 Å². The highest BCUT2D eigenvalue weighted by Crippen LogP contribution is 2.29. The highest BCUT2D eigenvalue weighted by molar-refractivity contribution is 7.15. The number of nitrogens with zero attached hydrogens (tertiary/aromatic N) is 5. The Morgan fingerprint density at radius 2 is 1.97 bits per heavy atom. The minimum Gasteiger partial charge on any atom is -0.831 e. The zero-order valence-electron chi connectivity index (χ0n) is 16.7. The molecule has 13 nitrogen and oxygen atoms in total. The van der Waals surface area contributed by atoms with E-state index in [1.54, 1.807) is 23.0 Å². The zero-order valence-corrected chi connectivity index (χ0v) is 17.5. The summed E-state index contributed by atoms with van der Waals surface area (Å²) in [6, 6.07) is 6.85. The van der Waals surface area contributed by atoms with E-state index in [1.165, 1.54) is 12.3 Å². The van der Waals surface area contributed by atoms with Crippen molar-refractivity contribution < 1.29 is 29.4 Å². The molecule has 2 heterocycles. The largest absolute Gasteiger partial charge is 0.831 e. The SMILES string of the molecule is CC(=O)O.Cc1ccc[n+](-c2nc([O-])sc2/C=N/Nc2ccc([N+](=O)[O-])cc2[N+](=O)[O-])c1. The molecule has 2 aromatic heterocycles. The molecule has 0 unspecified atom stereocenters. The fourth-order valence-corrected chi connectivity index (χ4v) is 3.01. The molecular weight excluding hydrogens is 444 g/mol. The normalized spacial score (nSPS) is 10.3. The molecule has 14 heteroatoms. The first kappa shape index (κ1) is 23.8. The Kier molecular flexibility index (Phi) is 7.84. The predicted octanol–water partition coefficient (Wildman–Crippen LogP) is 2.16. The molecule has 3 rings (SSSR count). The maximum Gasteiger partial charge on any atom is 0.346 e. The maximum absolute atomic E-state index is 11.7. The van der Waals surface area contributed by atoms with Gasteiger partial charge in [-0.05, 0) is 29.6 Å². The highest BCUT2D eigenvalue weighted by atomic mass is 32.1. The van der Waals surface area contributed by atoms with Crippen LogP contribution in [0, 0.1) is 27.2 Å². The number of benzene rings is 1. The van der Waals surface area contributed by atoms with Crippen LogP contribution in [0.1, 0.15) is 17.4 Å². The number of carboxylic acid groups (broad SMARTS) is 1. The molecule has 0 atom stereocenters. The van der Waals surface area contributed by atoms with E-state index in [1.807, 2.05) is 13.0 Å². The summed E-state index contributed by atoms with van der Waals surface area (Å²) in [6.07, 6.45) is 4.84. The summed E-state index contributed by atoms with van der Waals surface area (Å²) in [5.41, 5.74) is 2.52. The molecule has 0 spiro atoms. The standard InChI is InChI=1S/C16H12N6O5S.C2H4O2/c1-10-3-2-6-20(9-10)15-14(28-16(23)18-15)8-17-19-12-5-4-11(21(24)25)7-13(12)22(26)27;1-2(3)4/h2-9,19H,1H3;1H3,(H,3,4). The predicted molar refractivity (Wildman–Crippen MR) is 112 cm³/mol. The maximum atomic E-state index is 11.7. The fraction of sp³-hybridized carbons (Fsp3) is 0.111. The lowest BCUT2D eigenvalue weighted by molar-refractivity contribution is -0.600. The second-order valence-corrected chi connectivity index (χ2v) is 7.05. The van der Waals surface area contributed by atoms with Crippen LogP contribution in [0.25, 0.3) is 5.82 Å². The summed E-state index contributed by atoms with van der Waals surface area (Å²) < 4.78 is 1.67. The zero-order chi connectivity index (χ0) is 23.8. The van der Waals surface area contributed by atoms with Crippen LogP contribution in [0.15, 0.2) is 47.8 Å². The molecule has 2 N–H and O–H groups in total. The van der Waals surface area contributed by atoms with Crippen molar-refractivity contribution in [2.75, 3.05) is 5.43 Å². The lowest BCUT2D eigenvalue weighted by atomic mass is 10.2. The van der Waals surface area contributed by atoms with Crippen LogP contribution >= 0.6 is 11.3 Å². The van der Waals surface area contributed by atoms with E-state index in [2.05, 4.69) is 15.5 Å². The number of hydrazone groups is 1. The van der Waals surface area contributed by atoms with Crippen LogP contribution in [0.5, 0.6) is 5.19 Å². The molecule has 1 aromatic carbocycles.